The van der Waals surface area contributed by atoms with Gasteiger partial charge in [-0.25, -0.2) is 0 Å². The molecule has 0 aromatic carbocycles. The molecule has 17 heavy (non-hydrogen) atoms. The van der Waals surface area contributed by atoms with E-state index >= 15 is 0 Å². The third-order valence-corrected chi connectivity index (χ3v) is 5.98. The van der Waals surface area contributed by atoms with Gasteiger partial charge in [0.25, 0.3) is 0 Å². The Hall–Kier alpha value is -0.0800. The van der Waals surface area contributed by atoms with Gasteiger partial charge in [-0.3, -0.25) is 0 Å². The summed E-state index contributed by atoms with van der Waals surface area (Å²) in [6.07, 6.45) is 4.82. The van der Waals surface area contributed by atoms with E-state index < -0.39 is 0 Å². The van der Waals surface area contributed by atoms with Gasteiger partial charge in [-0.1, -0.05) is 20.8 Å². The van der Waals surface area contributed by atoms with E-state index in [1.165, 1.54) is 19.3 Å². The minimum Gasteiger partial charge on any atom is -0.396 e. The lowest BCUT2D eigenvalue weighted by Crippen LogP contribution is -2.44. The number of fused-ring (bicyclic) bond motifs is 1. The van der Waals surface area contributed by atoms with Crippen molar-refractivity contribution in [3.05, 3.63) is 0 Å². The molecule has 2 nitrogen and oxygen atoms in total. The van der Waals surface area contributed by atoms with Crippen LogP contribution in [0.1, 0.15) is 46.5 Å². The first kappa shape index (κ1) is 13.4. The van der Waals surface area contributed by atoms with Crippen molar-refractivity contribution in [1.29, 1.82) is 0 Å². The third-order valence-electron chi connectivity index (χ3n) is 5.98. The summed E-state index contributed by atoms with van der Waals surface area (Å²) in [5.74, 6) is 2.91. The summed E-state index contributed by atoms with van der Waals surface area (Å²) in [6, 6.07) is 0. The van der Waals surface area contributed by atoms with Gasteiger partial charge in [-0.05, 0) is 60.7 Å². The van der Waals surface area contributed by atoms with Crippen LogP contribution in [0.25, 0.3) is 0 Å². The largest absolute Gasteiger partial charge is 0.396 e. The molecule has 0 bridgehead atoms. The molecule has 0 aliphatic heterocycles. The first-order chi connectivity index (χ1) is 8.04. The highest BCUT2D eigenvalue weighted by Gasteiger charge is 2.53. The predicted molar refractivity (Wildman–Crippen MR) is 69.5 cm³/mol. The Balaban J connectivity index is 2.21. The number of hydrogen-bond acceptors (Lipinski definition) is 2. The molecular formula is C15H28O2. The fraction of sp³-hybridized carbons (Fsp3) is 1.00. The van der Waals surface area contributed by atoms with Crippen molar-refractivity contribution in [2.75, 3.05) is 13.2 Å². The summed E-state index contributed by atoms with van der Waals surface area (Å²) in [5.41, 5.74) is 0.285. The topological polar surface area (TPSA) is 40.5 Å². The molecule has 0 spiro atoms. The molecule has 2 aliphatic rings. The molecule has 0 amide bonds. The second kappa shape index (κ2) is 4.89. The molecule has 0 heterocycles. The van der Waals surface area contributed by atoms with Crippen LogP contribution < -0.4 is 0 Å². The van der Waals surface area contributed by atoms with E-state index in [0.717, 1.165) is 6.42 Å². The molecule has 2 saturated carbocycles. The summed E-state index contributed by atoms with van der Waals surface area (Å²) in [7, 11) is 0. The summed E-state index contributed by atoms with van der Waals surface area (Å²) < 4.78 is 0. The Labute approximate surface area is 105 Å². The molecule has 2 aliphatic carbocycles. The predicted octanol–water partition coefficient (Wildman–Crippen LogP) is 2.69. The highest BCUT2D eigenvalue weighted by Crippen LogP contribution is 2.59. The van der Waals surface area contributed by atoms with Gasteiger partial charge in [-0.2, -0.15) is 0 Å². The van der Waals surface area contributed by atoms with Crippen LogP contribution in [0.4, 0.5) is 0 Å². The maximum atomic E-state index is 9.77. The second-order valence-corrected chi connectivity index (χ2v) is 6.86. The van der Waals surface area contributed by atoms with E-state index in [-0.39, 0.29) is 5.41 Å². The average molecular weight is 240 g/mol. The molecule has 100 valence electrons. The van der Waals surface area contributed by atoms with Crippen LogP contribution in [0.5, 0.6) is 0 Å². The van der Waals surface area contributed by atoms with Crippen LogP contribution in [0.3, 0.4) is 0 Å². The zero-order chi connectivity index (χ0) is 12.6. The standard InChI is InChI=1S/C15H28O2/c1-10(2)12-6-7-15(3)11(8-16)4-5-14(15)13(12)9-17/h10-14,16-17H,4-9H2,1-3H3/t11-,12-,13-,14-,15-/m1/s1. The Bertz CT molecular complexity index is 264. The molecule has 0 saturated heterocycles. The van der Waals surface area contributed by atoms with Crippen LogP contribution in [0.2, 0.25) is 0 Å². The fourth-order valence-electron chi connectivity index (χ4n) is 4.82. The lowest BCUT2D eigenvalue weighted by atomic mass is 9.56. The molecule has 0 unspecified atom stereocenters. The third kappa shape index (κ3) is 2.04. The molecule has 2 rings (SSSR count). The molecule has 2 fully saturated rings. The van der Waals surface area contributed by atoms with Gasteiger partial charge in [0.1, 0.15) is 0 Å². The maximum Gasteiger partial charge on any atom is 0.0464 e. The highest BCUT2D eigenvalue weighted by atomic mass is 16.3. The van der Waals surface area contributed by atoms with Crippen LogP contribution in [-0.4, -0.2) is 23.4 Å². The van der Waals surface area contributed by atoms with Crippen molar-refractivity contribution in [2.24, 2.45) is 35.0 Å². The van der Waals surface area contributed by atoms with E-state index in [4.69, 9.17) is 0 Å². The first-order valence-corrected chi connectivity index (χ1v) is 7.26. The van der Waals surface area contributed by atoms with Gasteiger partial charge in [0, 0.05) is 13.2 Å². The van der Waals surface area contributed by atoms with Gasteiger partial charge in [-0.15, -0.1) is 0 Å². The molecule has 0 radical (unpaired) electrons. The quantitative estimate of drug-likeness (QED) is 0.796. The summed E-state index contributed by atoms with van der Waals surface area (Å²) in [5, 5.41) is 19.3. The zero-order valence-corrected chi connectivity index (χ0v) is 11.5. The monoisotopic (exact) mass is 240 g/mol. The van der Waals surface area contributed by atoms with Crippen molar-refractivity contribution in [3.63, 3.8) is 0 Å². The minimum atomic E-state index is 0.285. The molecule has 0 aromatic heterocycles. The van der Waals surface area contributed by atoms with E-state index in [2.05, 4.69) is 20.8 Å². The fourth-order valence-corrected chi connectivity index (χ4v) is 4.82. The summed E-state index contributed by atoms with van der Waals surface area (Å²) >= 11 is 0. The second-order valence-electron chi connectivity index (χ2n) is 6.86. The smallest absolute Gasteiger partial charge is 0.0464 e. The van der Waals surface area contributed by atoms with Crippen LogP contribution in [-0.2, 0) is 0 Å². The Morgan fingerprint density at radius 1 is 1.12 bits per heavy atom. The molecule has 2 N–H and O–H groups in total. The van der Waals surface area contributed by atoms with Crippen molar-refractivity contribution in [3.8, 4) is 0 Å². The molecular weight excluding hydrogens is 212 g/mol. The summed E-state index contributed by atoms with van der Waals surface area (Å²) in [4.78, 5) is 0. The average Bonchev–Trinajstić information content (AvgIpc) is 2.63. The van der Waals surface area contributed by atoms with E-state index in [0.29, 0.717) is 42.8 Å². The first-order valence-electron chi connectivity index (χ1n) is 7.26. The number of hydrogen-bond donors (Lipinski definition) is 2. The van der Waals surface area contributed by atoms with Gasteiger partial charge in [0.15, 0.2) is 0 Å². The molecule has 2 heteroatoms. The van der Waals surface area contributed by atoms with Gasteiger partial charge in [0.05, 0.1) is 0 Å². The van der Waals surface area contributed by atoms with Gasteiger partial charge < -0.3 is 10.2 Å². The minimum absolute atomic E-state index is 0.285. The Kier molecular flexibility index (Phi) is 3.84. The summed E-state index contributed by atoms with van der Waals surface area (Å²) in [6.45, 7) is 7.59. The van der Waals surface area contributed by atoms with Crippen molar-refractivity contribution >= 4 is 0 Å². The van der Waals surface area contributed by atoms with E-state index in [1.807, 2.05) is 0 Å². The van der Waals surface area contributed by atoms with Gasteiger partial charge >= 0.3 is 0 Å². The van der Waals surface area contributed by atoms with Crippen LogP contribution >= 0.6 is 0 Å². The van der Waals surface area contributed by atoms with Crippen LogP contribution in [0, 0.1) is 35.0 Å². The van der Waals surface area contributed by atoms with Crippen molar-refractivity contribution in [2.45, 2.75) is 46.5 Å². The zero-order valence-electron chi connectivity index (χ0n) is 11.5. The molecule has 5 atom stereocenters. The Morgan fingerprint density at radius 2 is 1.82 bits per heavy atom. The number of aliphatic hydroxyl groups excluding tert-OH is 2. The normalized spacial score (nSPS) is 46.2. The Morgan fingerprint density at radius 3 is 2.35 bits per heavy atom. The van der Waals surface area contributed by atoms with Crippen LogP contribution in [0.15, 0.2) is 0 Å². The van der Waals surface area contributed by atoms with Crippen molar-refractivity contribution in [1.82, 2.24) is 0 Å². The lowest BCUT2D eigenvalue weighted by Gasteiger charge is -2.49. The van der Waals surface area contributed by atoms with E-state index in [9.17, 15) is 10.2 Å². The van der Waals surface area contributed by atoms with E-state index in [1.54, 1.807) is 0 Å². The maximum absolute atomic E-state index is 9.77. The lowest BCUT2D eigenvalue weighted by molar-refractivity contribution is -0.0387. The number of rotatable bonds is 3. The number of aliphatic hydroxyl groups is 2. The van der Waals surface area contributed by atoms with Gasteiger partial charge in [0.2, 0.25) is 0 Å². The SMILES string of the molecule is CC(C)[C@H]1CC[C@]2(C)[C@@H](CO)CC[C@@H]2[C@@H]1CO. The molecule has 0 aromatic rings. The highest BCUT2D eigenvalue weighted by molar-refractivity contribution is 5.02. The van der Waals surface area contributed by atoms with Crippen molar-refractivity contribution < 1.29 is 10.2 Å².